The van der Waals surface area contributed by atoms with Crippen LogP contribution in [0.1, 0.15) is 27.7 Å². The van der Waals surface area contributed by atoms with Gasteiger partial charge in [0, 0.05) is 62.1 Å². The Hall–Kier alpha value is -4.88. The molecule has 2 atom stereocenters. The summed E-state index contributed by atoms with van der Waals surface area (Å²) in [6.07, 6.45) is 7.96. The molecule has 0 spiro atoms. The van der Waals surface area contributed by atoms with Crippen LogP contribution in [0.15, 0.2) is 110 Å². The van der Waals surface area contributed by atoms with Gasteiger partial charge >= 0.3 is 11.9 Å². The number of hydrogen-bond donors (Lipinski definition) is 6. The molecular formula is C36H48N4O8. The Morgan fingerprint density at radius 1 is 0.625 bits per heavy atom. The van der Waals surface area contributed by atoms with E-state index in [2.05, 4.69) is 38.3 Å². The molecule has 2 unspecified atom stereocenters. The summed E-state index contributed by atoms with van der Waals surface area (Å²) in [5.41, 5.74) is 1.95. The van der Waals surface area contributed by atoms with E-state index < -0.39 is 24.1 Å². The van der Waals surface area contributed by atoms with E-state index >= 15 is 0 Å². The van der Waals surface area contributed by atoms with Crippen molar-refractivity contribution in [1.29, 1.82) is 0 Å². The highest BCUT2D eigenvalue weighted by atomic mass is 16.5. The zero-order valence-electron chi connectivity index (χ0n) is 27.8. The molecule has 260 valence electrons. The van der Waals surface area contributed by atoms with Gasteiger partial charge < -0.3 is 49.7 Å². The number of benzene rings is 2. The standard InChI is InChI=1S/2C16H22N2O2.C4H4O4/c2*1-13(2)17-11-14(19)12-20-16-8-4-3-7-15(16)18-9-5-6-10-18;5-3(6)1-2-4(7)8/h2*3-10,13-14,17,19H,11-12H2,1-2H3;1-2H,(H,5,6)(H,7,8)/b;;2-1+. The molecule has 0 aliphatic carbocycles. The normalized spacial score (nSPS) is 12.1. The van der Waals surface area contributed by atoms with Gasteiger partial charge in [-0.3, -0.25) is 0 Å². The number of rotatable bonds is 16. The predicted molar refractivity (Wildman–Crippen MR) is 185 cm³/mol. The van der Waals surface area contributed by atoms with E-state index in [9.17, 15) is 19.8 Å². The molecule has 0 radical (unpaired) electrons. The molecule has 0 saturated heterocycles. The van der Waals surface area contributed by atoms with Crippen molar-refractivity contribution in [2.45, 2.75) is 52.0 Å². The third-order valence-electron chi connectivity index (χ3n) is 6.25. The number of aliphatic hydroxyl groups is 2. The number of carboxylic acids is 2. The summed E-state index contributed by atoms with van der Waals surface area (Å²) >= 11 is 0. The van der Waals surface area contributed by atoms with Crippen LogP contribution in [0.3, 0.4) is 0 Å². The van der Waals surface area contributed by atoms with Crippen LogP contribution in [-0.4, -0.2) is 92.1 Å². The smallest absolute Gasteiger partial charge is 0.328 e. The molecule has 0 amide bonds. The molecular weight excluding hydrogens is 616 g/mol. The molecule has 48 heavy (non-hydrogen) atoms. The Bertz CT molecular complexity index is 1380. The minimum absolute atomic E-state index is 0.276. The number of aliphatic carboxylic acids is 2. The van der Waals surface area contributed by atoms with E-state index in [1.54, 1.807) is 0 Å². The molecule has 2 aromatic carbocycles. The SMILES string of the molecule is CC(C)NCC(O)COc1ccccc1-n1cccc1.CC(C)NCC(O)COc1ccccc1-n1cccc1.O=C(O)/C=C/C(=O)O. The van der Waals surface area contributed by atoms with Crippen molar-refractivity contribution in [2.75, 3.05) is 26.3 Å². The third-order valence-corrected chi connectivity index (χ3v) is 6.25. The number of aromatic nitrogens is 2. The maximum atomic E-state index is 9.89. The van der Waals surface area contributed by atoms with Crippen LogP contribution in [0.2, 0.25) is 0 Å². The molecule has 0 fully saturated rings. The summed E-state index contributed by atoms with van der Waals surface area (Å²) in [5, 5.41) is 41.8. The number of hydrogen-bond acceptors (Lipinski definition) is 8. The lowest BCUT2D eigenvalue weighted by Gasteiger charge is -2.17. The molecule has 6 N–H and O–H groups in total. The Morgan fingerprint density at radius 3 is 1.27 bits per heavy atom. The number of para-hydroxylation sites is 4. The van der Waals surface area contributed by atoms with E-state index in [1.807, 2.05) is 107 Å². The van der Waals surface area contributed by atoms with Crippen molar-refractivity contribution in [3.05, 3.63) is 110 Å². The Balaban J connectivity index is 0.000000274. The van der Waals surface area contributed by atoms with Crippen LogP contribution in [0, 0.1) is 0 Å². The molecule has 12 heteroatoms. The third kappa shape index (κ3) is 16.1. The summed E-state index contributed by atoms with van der Waals surface area (Å²) in [7, 11) is 0. The van der Waals surface area contributed by atoms with Gasteiger partial charge in [-0.05, 0) is 48.5 Å². The van der Waals surface area contributed by atoms with Gasteiger partial charge in [0.15, 0.2) is 0 Å². The second kappa shape index (κ2) is 21.8. The van der Waals surface area contributed by atoms with Crippen molar-refractivity contribution >= 4 is 11.9 Å². The summed E-state index contributed by atoms with van der Waals surface area (Å²) in [6.45, 7) is 9.82. The van der Waals surface area contributed by atoms with Gasteiger partial charge in [-0.15, -0.1) is 0 Å². The van der Waals surface area contributed by atoms with Crippen LogP contribution in [0.25, 0.3) is 11.4 Å². The first-order valence-electron chi connectivity index (χ1n) is 15.6. The highest BCUT2D eigenvalue weighted by Gasteiger charge is 2.10. The molecule has 0 bridgehead atoms. The highest BCUT2D eigenvalue weighted by Crippen LogP contribution is 2.23. The van der Waals surface area contributed by atoms with Gasteiger partial charge in [-0.1, -0.05) is 52.0 Å². The van der Waals surface area contributed by atoms with Gasteiger partial charge in [-0.2, -0.15) is 0 Å². The van der Waals surface area contributed by atoms with Crippen molar-refractivity contribution in [3.8, 4) is 22.9 Å². The molecule has 0 aliphatic rings. The molecule has 4 rings (SSSR count). The van der Waals surface area contributed by atoms with Crippen LogP contribution < -0.4 is 20.1 Å². The second-order valence-electron chi connectivity index (χ2n) is 11.2. The fraction of sp³-hybridized carbons (Fsp3) is 0.333. The largest absolute Gasteiger partial charge is 0.489 e. The zero-order valence-corrected chi connectivity index (χ0v) is 27.8. The van der Waals surface area contributed by atoms with Gasteiger partial charge in [-0.25, -0.2) is 9.59 Å². The predicted octanol–water partition coefficient (Wildman–Crippen LogP) is 4.14. The van der Waals surface area contributed by atoms with Crippen molar-refractivity contribution in [3.63, 3.8) is 0 Å². The number of ether oxygens (including phenoxy) is 2. The number of nitrogens with one attached hydrogen (secondary N) is 2. The highest BCUT2D eigenvalue weighted by molar-refractivity contribution is 5.89. The van der Waals surface area contributed by atoms with Crippen molar-refractivity contribution in [1.82, 2.24) is 19.8 Å². The zero-order chi connectivity index (χ0) is 35.3. The van der Waals surface area contributed by atoms with Crippen LogP contribution >= 0.6 is 0 Å². The number of nitrogens with zero attached hydrogens (tertiary/aromatic N) is 2. The van der Waals surface area contributed by atoms with Crippen molar-refractivity contribution < 1.29 is 39.5 Å². The number of aliphatic hydroxyl groups excluding tert-OH is 2. The lowest BCUT2D eigenvalue weighted by Crippen LogP contribution is -2.35. The Labute approximate surface area is 281 Å². The molecule has 2 heterocycles. The van der Waals surface area contributed by atoms with Gasteiger partial charge in [0.2, 0.25) is 0 Å². The van der Waals surface area contributed by atoms with Gasteiger partial charge in [0.1, 0.15) is 36.9 Å². The number of carbonyl (C=O) groups is 2. The van der Waals surface area contributed by atoms with Crippen LogP contribution in [-0.2, 0) is 9.59 Å². The molecule has 0 saturated carbocycles. The summed E-state index contributed by atoms with van der Waals surface area (Å²) in [4.78, 5) is 19.1. The summed E-state index contributed by atoms with van der Waals surface area (Å²) in [6, 6.07) is 24.2. The topological polar surface area (TPSA) is 167 Å². The maximum Gasteiger partial charge on any atom is 0.328 e. The quantitative estimate of drug-likeness (QED) is 0.0959. The fourth-order valence-electron chi connectivity index (χ4n) is 3.95. The average Bonchev–Trinajstić information content (AvgIpc) is 3.80. The first kappa shape index (κ1) is 39.3. The summed E-state index contributed by atoms with van der Waals surface area (Å²) in [5.74, 6) is -0.973. The van der Waals surface area contributed by atoms with Gasteiger partial charge in [0.05, 0.1) is 11.4 Å². The maximum absolute atomic E-state index is 9.89. The molecule has 12 nitrogen and oxygen atoms in total. The average molecular weight is 665 g/mol. The number of carboxylic acid groups (broad SMARTS) is 2. The van der Waals surface area contributed by atoms with Crippen LogP contribution in [0.5, 0.6) is 11.5 Å². The van der Waals surface area contributed by atoms with E-state index in [1.165, 1.54) is 0 Å². The van der Waals surface area contributed by atoms with Gasteiger partial charge in [0.25, 0.3) is 0 Å². The monoisotopic (exact) mass is 664 g/mol. The minimum atomic E-state index is -1.26. The van der Waals surface area contributed by atoms with Crippen LogP contribution in [0.4, 0.5) is 0 Å². The fourth-order valence-corrected chi connectivity index (χ4v) is 3.95. The first-order valence-corrected chi connectivity index (χ1v) is 15.6. The lowest BCUT2D eigenvalue weighted by atomic mass is 10.3. The molecule has 0 aliphatic heterocycles. The second-order valence-corrected chi connectivity index (χ2v) is 11.2. The first-order chi connectivity index (χ1) is 23.0. The lowest BCUT2D eigenvalue weighted by molar-refractivity contribution is -0.134. The van der Waals surface area contributed by atoms with E-state index in [0.29, 0.717) is 37.3 Å². The Kier molecular flexibility index (Phi) is 17.9. The summed E-state index contributed by atoms with van der Waals surface area (Å²) < 4.78 is 15.5. The van der Waals surface area contributed by atoms with E-state index in [0.717, 1.165) is 22.9 Å². The van der Waals surface area contributed by atoms with E-state index in [-0.39, 0.29) is 13.2 Å². The molecule has 2 aromatic heterocycles. The minimum Gasteiger partial charge on any atom is -0.489 e. The Morgan fingerprint density at radius 2 is 0.958 bits per heavy atom. The molecule has 4 aromatic rings. The van der Waals surface area contributed by atoms with E-state index in [4.69, 9.17) is 19.7 Å². The van der Waals surface area contributed by atoms with Crippen molar-refractivity contribution in [2.24, 2.45) is 0 Å².